The van der Waals surface area contributed by atoms with Gasteiger partial charge in [0.05, 0.1) is 6.10 Å². The molecule has 0 aromatic rings. The van der Waals surface area contributed by atoms with Crippen molar-refractivity contribution in [1.82, 2.24) is 0 Å². The molecule has 5 atom stereocenters. The minimum atomic E-state index is -1.52. The van der Waals surface area contributed by atoms with E-state index in [0.29, 0.717) is 12.3 Å². The van der Waals surface area contributed by atoms with E-state index in [2.05, 4.69) is 19.8 Å². The molecule has 5 unspecified atom stereocenters. The van der Waals surface area contributed by atoms with Crippen molar-refractivity contribution >= 4 is 0 Å². The number of terminal acetylenes is 1. The molecule has 0 aromatic carbocycles. The van der Waals surface area contributed by atoms with Crippen LogP contribution in [-0.2, 0) is 4.74 Å². The zero-order valence-corrected chi connectivity index (χ0v) is 19.3. The predicted octanol–water partition coefficient (Wildman–Crippen LogP) is 7.67. The van der Waals surface area contributed by atoms with Gasteiger partial charge in [0, 0.05) is 0 Å². The van der Waals surface area contributed by atoms with Crippen molar-refractivity contribution < 1.29 is 13.5 Å². The SMILES string of the molecule is C#CC(CCCCC)OC1CCC(C2CCC(C3CCC(C)CC3)CC2)C(F)C1F. The highest BCUT2D eigenvalue weighted by Gasteiger charge is 2.45. The van der Waals surface area contributed by atoms with Crippen LogP contribution in [0.5, 0.6) is 0 Å². The molecule has 0 heterocycles. The normalized spacial score (nSPS) is 41.2. The highest BCUT2D eigenvalue weighted by molar-refractivity contribution is 4.98. The van der Waals surface area contributed by atoms with Gasteiger partial charge in [-0.05, 0) is 93.8 Å². The Bertz CT molecular complexity index is 527. The van der Waals surface area contributed by atoms with Crippen LogP contribution in [0.15, 0.2) is 0 Å². The van der Waals surface area contributed by atoms with E-state index in [1.807, 2.05) is 0 Å². The first-order valence-corrected chi connectivity index (χ1v) is 12.9. The maximum absolute atomic E-state index is 15.1. The van der Waals surface area contributed by atoms with E-state index in [-0.39, 0.29) is 12.0 Å². The summed E-state index contributed by atoms with van der Waals surface area (Å²) in [5.41, 5.74) is 0. The summed E-state index contributed by atoms with van der Waals surface area (Å²) in [6.07, 6.45) is 17.1. The van der Waals surface area contributed by atoms with Gasteiger partial charge in [0.1, 0.15) is 12.3 Å². The highest BCUT2D eigenvalue weighted by Crippen LogP contribution is 2.46. The van der Waals surface area contributed by atoms with Crippen LogP contribution in [0.4, 0.5) is 8.78 Å². The van der Waals surface area contributed by atoms with Gasteiger partial charge in [-0.3, -0.25) is 0 Å². The molecule has 3 rings (SSSR count). The number of rotatable bonds is 8. The van der Waals surface area contributed by atoms with E-state index in [4.69, 9.17) is 11.2 Å². The van der Waals surface area contributed by atoms with Gasteiger partial charge in [-0.15, -0.1) is 6.42 Å². The fourth-order valence-corrected chi connectivity index (χ4v) is 6.54. The Kier molecular flexibility index (Phi) is 9.49. The zero-order valence-electron chi connectivity index (χ0n) is 19.3. The molecule has 0 spiro atoms. The summed E-state index contributed by atoms with van der Waals surface area (Å²) in [6.45, 7) is 4.51. The summed E-state index contributed by atoms with van der Waals surface area (Å²) in [7, 11) is 0. The summed E-state index contributed by atoms with van der Waals surface area (Å²) >= 11 is 0. The average Bonchev–Trinajstić information content (AvgIpc) is 2.77. The molecular formula is C27H44F2O. The smallest absolute Gasteiger partial charge is 0.157 e. The van der Waals surface area contributed by atoms with Crippen LogP contribution in [0.1, 0.15) is 104 Å². The molecule has 3 aliphatic carbocycles. The quantitative estimate of drug-likeness (QED) is 0.288. The number of halogens is 2. The average molecular weight is 423 g/mol. The molecule has 3 fully saturated rings. The summed E-state index contributed by atoms with van der Waals surface area (Å²) < 4.78 is 36.0. The molecular weight excluding hydrogens is 378 g/mol. The third kappa shape index (κ3) is 6.21. The topological polar surface area (TPSA) is 9.23 Å². The van der Waals surface area contributed by atoms with Crippen molar-refractivity contribution in [2.75, 3.05) is 0 Å². The van der Waals surface area contributed by atoms with Crippen molar-refractivity contribution in [3.8, 4) is 12.3 Å². The Morgan fingerprint density at radius 2 is 1.43 bits per heavy atom. The second-order valence-corrected chi connectivity index (χ2v) is 10.7. The first-order chi connectivity index (χ1) is 14.5. The molecule has 0 amide bonds. The predicted molar refractivity (Wildman–Crippen MR) is 121 cm³/mol. The Morgan fingerprint density at radius 1 is 0.833 bits per heavy atom. The van der Waals surface area contributed by atoms with E-state index in [9.17, 15) is 4.39 Å². The van der Waals surface area contributed by atoms with Crippen LogP contribution in [0, 0.1) is 41.9 Å². The molecule has 0 aromatic heterocycles. The highest BCUT2D eigenvalue weighted by atomic mass is 19.2. The molecule has 3 aliphatic rings. The molecule has 0 radical (unpaired) electrons. The molecule has 0 aliphatic heterocycles. The van der Waals surface area contributed by atoms with Crippen LogP contribution in [0.3, 0.4) is 0 Å². The van der Waals surface area contributed by atoms with Crippen molar-refractivity contribution in [2.45, 2.75) is 128 Å². The number of alkyl halides is 2. The van der Waals surface area contributed by atoms with Crippen LogP contribution in [-0.4, -0.2) is 24.6 Å². The molecule has 172 valence electrons. The van der Waals surface area contributed by atoms with Gasteiger partial charge in [-0.25, -0.2) is 8.78 Å². The zero-order chi connectivity index (χ0) is 21.5. The van der Waals surface area contributed by atoms with Crippen LogP contribution >= 0.6 is 0 Å². The van der Waals surface area contributed by atoms with Crippen molar-refractivity contribution in [1.29, 1.82) is 0 Å². The fraction of sp³-hybridized carbons (Fsp3) is 0.926. The number of unbranched alkanes of at least 4 members (excludes halogenated alkanes) is 2. The number of hydrogen-bond acceptors (Lipinski definition) is 1. The third-order valence-corrected chi connectivity index (χ3v) is 8.60. The van der Waals surface area contributed by atoms with Crippen LogP contribution in [0.2, 0.25) is 0 Å². The van der Waals surface area contributed by atoms with Gasteiger partial charge >= 0.3 is 0 Å². The molecule has 30 heavy (non-hydrogen) atoms. The standard InChI is InChI=1S/C27H44F2O/c1-4-6-7-8-23(5-2)30-25-18-17-24(26(28)27(25)29)22-15-13-21(14-16-22)20-11-9-19(3)10-12-20/h2,19-27H,4,6-18H2,1,3H3. The Labute approximate surface area is 184 Å². The van der Waals surface area contributed by atoms with Gasteiger partial charge in [-0.1, -0.05) is 45.5 Å². The van der Waals surface area contributed by atoms with Gasteiger partial charge in [0.25, 0.3) is 0 Å². The number of hydrogen-bond donors (Lipinski definition) is 0. The van der Waals surface area contributed by atoms with Gasteiger partial charge < -0.3 is 4.74 Å². The summed E-state index contributed by atoms with van der Waals surface area (Å²) in [5, 5.41) is 0. The maximum atomic E-state index is 15.1. The largest absolute Gasteiger partial charge is 0.359 e. The summed E-state index contributed by atoms with van der Waals surface area (Å²) in [4.78, 5) is 0. The Morgan fingerprint density at radius 3 is 2.03 bits per heavy atom. The minimum Gasteiger partial charge on any atom is -0.359 e. The van der Waals surface area contributed by atoms with Crippen LogP contribution in [0.25, 0.3) is 0 Å². The summed E-state index contributed by atoms with van der Waals surface area (Å²) in [6, 6.07) is 0. The molecule has 0 bridgehead atoms. The lowest BCUT2D eigenvalue weighted by atomic mass is 9.65. The lowest BCUT2D eigenvalue weighted by molar-refractivity contribution is -0.103. The first kappa shape index (κ1) is 24.0. The van der Waals surface area contributed by atoms with E-state index in [0.717, 1.165) is 62.7 Å². The molecule has 0 saturated heterocycles. The van der Waals surface area contributed by atoms with Gasteiger partial charge in [0.15, 0.2) is 6.17 Å². The third-order valence-electron chi connectivity index (χ3n) is 8.60. The number of ether oxygens (including phenoxy) is 1. The van der Waals surface area contributed by atoms with Gasteiger partial charge in [-0.2, -0.15) is 0 Å². The van der Waals surface area contributed by atoms with Crippen LogP contribution < -0.4 is 0 Å². The van der Waals surface area contributed by atoms with E-state index in [1.165, 1.54) is 38.5 Å². The first-order valence-electron chi connectivity index (χ1n) is 12.9. The van der Waals surface area contributed by atoms with Crippen molar-refractivity contribution in [3.05, 3.63) is 0 Å². The molecule has 3 heteroatoms. The maximum Gasteiger partial charge on any atom is 0.157 e. The Hall–Kier alpha value is -0.620. The summed E-state index contributed by atoms with van der Waals surface area (Å²) in [5.74, 6) is 5.47. The van der Waals surface area contributed by atoms with Crippen molar-refractivity contribution in [3.63, 3.8) is 0 Å². The minimum absolute atomic E-state index is 0.128. The van der Waals surface area contributed by atoms with E-state index >= 15 is 4.39 Å². The second kappa shape index (κ2) is 11.8. The molecule has 0 N–H and O–H groups in total. The van der Waals surface area contributed by atoms with Gasteiger partial charge in [0.2, 0.25) is 0 Å². The molecule has 1 nitrogen and oxygen atoms in total. The molecule has 3 saturated carbocycles. The van der Waals surface area contributed by atoms with E-state index < -0.39 is 18.4 Å². The lowest BCUT2D eigenvalue weighted by Crippen LogP contribution is -2.47. The lowest BCUT2D eigenvalue weighted by Gasteiger charge is -2.43. The Balaban J connectivity index is 1.45. The second-order valence-electron chi connectivity index (χ2n) is 10.7. The monoisotopic (exact) mass is 422 g/mol. The van der Waals surface area contributed by atoms with E-state index in [1.54, 1.807) is 0 Å². The van der Waals surface area contributed by atoms with Crippen molar-refractivity contribution in [2.24, 2.45) is 29.6 Å². The fourth-order valence-electron chi connectivity index (χ4n) is 6.54.